The lowest BCUT2D eigenvalue weighted by Gasteiger charge is -2.26. The molecule has 1 aromatic carbocycles. The molecule has 0 spiro atoms. The second-order valence-corrected chi connectivity index (χ2v) is 8.20. The number of benzene rings is 1. The third-order valence-electron chi connectivity index (χ3n) is 4.85. The second-order valence-electron chi connectivity index (χ2n) is 7.09. The maximum Gasteiger partial charge on any atom is 0.253 e. The minimum Gasteiger partial charge on any atom is -0.379 e. The molecular weight excluding hydrogens is 370 g/mol. The van der Waals surface area contributed by atoms with E-state index in [4.69, 9.17) is 4.74 Å². The number of nitrogens with one attached hydrogen (secondary N) is 1. The van der Waals surface area contributed by atoms with Gasteiger partial charge >= 0.3 is 0 Å². The highest BCUT2D eigenvalue weighted by Crippen LogP contribution is 2.16. The number of pyridine rings is 1. The number of aromatic nitrogens is 1. The van der Waals surface area contributed by atoms with E-state index in [0.29, 0.717) is 5.56 Å². The van der Waals surface area contributed by atoms with E-state index in [1.807, 2.05) is 37.3 Å². The van der Waals surface area contributed by atoms with Gasteiger partial charge in [-0.2, -0.15) is 0 Å². The molecule has 1 aromatic heterocycles. The van der Waals surface area contributed by atoms with E-state index >= 15 is 0 Å². The minimum atomic E-state index is -0.0575. The number of aryl methyl sites for hydroxylation is 1. The van der Waals surface area contributed by atoms with Gasteiger partial charge in [-0.05, 0) is 37.5 Å². The molecule has 3 rings (SSSR count). The molecule has 0 aliphatic carbocycles. The van der Waals surface area contributed by atoms with Crippen molar-refractivity contribution in [2.75, 3.05) is 38.6 Å². The number of thioether (sulfide) groups is 1. The van der Waals surface area contributed by atoms with Crippen molar-refractivity contribution >= 4 is 17.7 Å². The smallest absolute Gasteiger partial charge is 0.253 e. The lowest BCUT2D eigenvalue weighted by Crippen LogP contribution is -2.37. The number of ether oxygens (including phenoxy) is 1. The topological polar surface area (TPSA) is 54.5 Å². The summed E-state index contributed by atoms with van der Waals surface area (Å²) in [5, 5.41) is 4.03. The highest BCUT2D eigenvalue weighted by atomic mass is 32.2. The molecule has 0 bridgehead atoms. The zero-order valence-electron chi connectivity index (χ0n) is 16.5. The van der Waals surface area contributed by atoms with Gasteiger partial charge in [-0.3, -0.25) is 9.69 Å². The molecule has 2 heterocycles. The molecule has 1 N–H and O–H groups in total. The first-order valence-corrected chi connectivity index (χ1v) is 10.9. The zero-order chi connectivity index (χ0) is 19.6. The summed E-state index contributed by atoms with van der Waals surface area (Å²) in [7, 11) is 0. The third kappa shape index (κ3) is 6.93. The SMILES string of the molecule is C[C@H](CCc1ccccc1)NC(=O)c1ccc(SCCN2CCOCC2)nc1. The van der Waals surface area contributed by atoms with Gasteiger partial charge in [-0.1, -0.05) is 30.3 Å². The molecule has 0 saturated carbocycles. The van der Waals surface area contributed by atoms with Crippen molar-refractivity contribution in [3.05, 3.63) is 59.8 Å². The summed E-state index contributed by atoms with van der Waals surface area (Å²) >= 11 is 1.73. The van der Waals surface area contributed by atoms with Gasteiger partial charge in [0.25, 0.3) is 5.91 Å². The Morgan fingerprint density at radius 1 is 1.21 bits per heavy atom. The van der Waals surface area contributed by atoms with Crippen molar-refractivity contribution in [2.45, 2.75) is 30.8 Å². The maximum atomic E-state index is 12.4. The normalized spacial score (nSPS) is 15.9. The van der Waals surface area contributed by atoms with Crippen LogP contribution >= 0.6 is 11.8 Å². The molecule has 1 amide bonds. The van der Waals surface area contributed by atoms with Crippen LogP contribution in [0.5, 0.6) is 0 Å². The van der Waals surface area contributed by atoms with E-state index in [1.54, 1.807) is 18.0 Å². The van der Waals surface area contributed by atoms with Crippen molar-refractivity contribution in [3.8, 4) is 0 Å². The van der Waals surface area contributed by atoms with Crippen LogP contribution in [0.25, 0.3) is 0 Å². The molecule has 0 radical (unpaired) electrons. The van der Waals surface area contributed by atoms with Crippen LogP contribution in [0.1, 0.15) is 29.3 Å². The molecule has 1 saturated heterocycles. The molecular formula is C22H29N3O2S. The molecule has 2 aromatic rings. The zero-order valence-corrected chi connectivity index (χ0v) is 17.3. The van der Waals surface area contributed by atoms with Gasteiger partial charge in [0, 0.05) is 37.6 Å². The van der Waals surface area contributed by atoms with Crippen molar-refractivity contribution in [1.82, 2.24) is 15.2 Å². The number of nitrogens with zero attached hydrogens (tertiary/aromatic N) is 2. The summed E-state index contributed by atoms with van der Waals surface area (Å²) in [5.41, 5.74) is 1.91. The highest BCUT2D eigenvalue weighted by Gasteiger charge is 2.12. The first-order chi connectivity index (χ1) is 13.7. The second kappa shape index (κ2) is 11.2. The highest BCUT2D eigenvalue weighted by molar-refractivity contribution is 7.99. The van der Waals surface area contributed by atoms with E-state index < -0.39 is 0 Å². The summed E-state index contributed by atoms with van der Waals surface area (Å²) in [6.45, 7) is 6.76. The predicted molar refractivity (Wildman–Crippen MR) is 114 cm³/mol. The Balaban J connectivity index is 1.38. The van der Waals surface area contributed by atoms with E-state index in [0.717, 1.165) is 56.5 Å². The average Bonchev–Trinajstić information content (AvgIpc) is 2.74. The number of rotatable bonds is 9. The van der Waals surface area contributed by atoms with Gasteiger partial charge in [0.05, 0.1) is 23.8 Å². The third-order valence-corrected chi connectivity index (χ3v) is 5.77. The van der Waals surface area contributed by atoms with Gasteiger partial charge < -0.3 is 10.1 Å². The Bertz CT molecular complexity index is 718. The lowest BCUT2D eigenvalue weighted by molar-refractivity contribution is 0.0410. The maximum absolute atomic E-state index is 12.4. The number of hydrogen-bond donors (Lipinski definition) is 1. The standard InChI is InChI=1S/C22H29N3O2S/c1-18(7-8-19-5-3-2-4-6-19)24-22(26)20-9-10-21(23-17-20)28-16-13-25-11-14-27-15-12-25/h2-6,9-10,17-18H,7-8,11-16H2,1H3,(H,24,26)/t18-/m1/s1. The Kier molecular flexibility index (Phi) is 8.33. The van der Waals surface area contributed by atoms with E-state index in [-0.39, 0.29) is 11.9 Å². The van der Waals surface area contributed by atoms with Crippen molar-refractivity contribution in [2.24, 2.45) is 0 Å². The molecule has 0 unspecified atom stereocenters. The fourth-order valence-electron chi connectivity index (χ4n) is 3.11. The molecule has 6 heteroatoms. The van der Waals surface area contributed by atoms with Crippen LogP contribution < -0.4 is 5.32 Å². The van der Waals surface area contributed by atoms with E-state index in [1.165, 1.54) is 5.56 Å². The Labute approximate surface area is 171 Å². The first kappa shape index (κ1) is 20.8. The van der Waals surface area contributed by atoms with Crippen LogP contribution in [0.15, 0.2) is 53.7 Å². The Morgan fingerprint density at radius 3 is 2.71 bits per heavy atom. The van der Waals surface area contributed by atoms with Crippen LogP contribution in [-0.4, -0.2) is 60.4 Å². The summed E-state index contributed by atoms with van der Waals surface area (Å²) in [6.07, 6.45) is 3.55. The number of carbonyl (C=O) groups is 1. The number of amides is 1. The van der Waals surface area contributed by atoms with Crippen LogP contribution in [0.4, 0.5) is 0 Å². The monoisotopic (exact) mass is 399 g/mol. The van der Waals surface area contributed by atoms with Crippen LogP contribution in [0.2, 0.25) is 0 Å². The predicted octanol–water partition coefficient (Wildman–Crippen LogP) is 3.26. The van der Waals surface area contributed by atoms with Crippen molar-refractivity contribution in [1.29, 1.82) is 0 Å². The van der Waals surface area contributed by atoms with Crippen LogP contribution in [0.3, 0.4) is 0 Å². The molecule has 150 valence electrons. The summed E-state index contributed by atoms with van der Waals surface area (Å²) in [4.78, 5) is 19.3. The summed E-state index contributed by atoms with van der Waals surface area (Å²) in [5.74, 6) is 0.938. The van der Waals surface area contributed by atoms with E-state index in [2.05, 4.69) is 27.3 Å². The minimum absolute atomic E-state index is 0.0575. The fourth-order valence-corrected chi connectivity index (χ4v) is 3.96. The number of carbonyl (C=O) groups excluding carboxylic acids is 1. The molecule has 1 aliphatic rings. The van der Waals surface area contributed by atoms with Crippen molar-refractivity contribution in [3.63, 3.8) is 0 Å². The van der Waals surface area contributed by atoms with Crippen molar-refractivity contribution < 1.29 is 9.53 Å². The van der Waals surface area contributed by atoms with Crippen LogP contribution in [-0.2, 0) is 11.2 Å². The van der Waals surface area contributed by atoms with Crippen LogP contribution in [0, 0.1) is 0 Å². The van der Waals surface area contributed by atoms with Gasteiger partial charge in [-0.15, -0.1) is 11.8 Å². The number of hydrogen-bond acceptors (Lipinski definition) is 5. The molecule has 1 aliphatic heterocycles. The van der Waals surface area contributed by atoms with Gasteiger partial charge in [0.1, 0.15) is 0 Å². The average molecular weight is 400 g/mol. The van der Waals surface area contributed by atoms with Gasteiger partial charge in [0.15, 0.2) is 0 Å². The molecule has 1 fully saturated rings. The van der Waals surface area contributed by atoms with Gasteiger partial charge in [0.2, 0.25) is 0 Å². The van der Waals surface area contributed by atoms with E-state index in [9.17, 15) is 4.79 Å². The summed E-state index contributed by atoms with van der Waals surface area (Å²) < 4.78 is 5.37. The number of morpholine rings is 1. The lowest BCUT2D eigenvalue weighted by atomic mass is 10.1. The molecule has 5 nitrogen and oxygen atoms in total. The Morgan fingerprint density at radius 2 is 2.00 bits per heavy atom. The fraction of sp³-hybridized carbons (Fsp3) is 0.455. The molecule has 1 atom stereocenters. The summed E-state index contributed by atoms with van der Waals surface area (Å²) in [6, 6.07) is 14.3. The molecule has 28 heavy (non-hydrogen) atoms. The Hall–Kier alpha value is -1.89. The quantitative estimate of drug-likeness (QED) is 0.656. The largest absolute Gasteiger partial charge is 0.379 e. The first-order valence-electron chi connectivity index (χ1n) is 9.94. The van der Waals surface area contributed by atoms with Gasteiger partial charge in [-0.25, -0.2) is 4.98 Å².